The third-order valence-electron chi connectivity index (χ3n) is 3.17. The van der Waals surface area contributed by atoms with Crippen molar-refractivity contribution in [1.82, 2.24) is 0 Å². The molecule has 0 aliphatic rings. The first-order valence-electron chi connectivity index (χ1n) is 5.85. The van der Waals surface area contributed by atoms with Crippen molar-refractivity contribution in [2.24, 2.45) is 0 Å². The van der Waals surface area contributed by atoms with Crippen LogP contribution in [-0.4, -0.2) is 17.8 Å². The molecule has 2 nitrogen and oxygen atoms in total. The molecule has 0 fully saturated rings. The van der Waals surface area contributed by atoms with Crippen LogP contribution in [0, 0.1) is 6.92 Å². The molecule has 0 radical (unpaired) electrons. The van der Waals surface area contributed by atoms with Gasteiger partial charge in [0.25, 0.3) is 0 Å². The summed E-state index contributed by atoms with van der Waals surface area (Å²) >= 11 is 3.43. The molecule has 0 saturated heterocycles. The molecular weight excluding hydrogens is 280 g/mol. The summed E-state index contributed by atoms with van der Waals surface area (Å²) in [5, 5.41) is 10.2. The van der Waals surface area contributed by atoms with Crippen molar-refractivity contribution in [2.45, 2.75) is 45.3 Å². The number of ether oxygens (including phenoxy) is 1. The number of benzene rings is 1. The maximum absolute atomic E-state index is 10.2. The van der Waals surface area contributed by atoms with E-state index in [0.29, 0.717) is 6.42 Å². The van der Waals surface area contributed by atoms with Gasteiger partial charge < -0.3 is 9.84 Å². The summed E-state index contributed by atoms with van der Waals surface area (Å²) in [5.41, 5.74) is 1.93. The molecule has 0 aliphatic heterocycles. The molecule has 3 heteroatoms. The Hall–Kier alpha value is -0.380. The van der Waals surface area contributed by atoms with Gasteiger partial charge >= 0.3 is 0 Å². The number of aryl methyl sites for hydroxylation is 1. The van der Waals surface area contributed by atoms with E-state index in [1.165, 1.54) is 0 Å². The van der Waals surface area contributed by atoms with Crippen molar-refractivity contribution in [1.29, 1.82) is 0 Å². The Morgan fingerprint density at radius 1 is 1.41 bits per heavy atom. The van der Waals surface area contributed by atoms with Crippen molar-refractivity contribution >= 4 is 15.9 Å². The van der Waals surface area contributed by atoms with Gasteiger partial charge in [0.15, 0.2) is 0 Å². The highest BCUT2D eigenvalue weighted by Gasteiger charge is 2.19. The molecule has 96 valence electrons. The summed E-state index contributed by atoms with van der Waals surface area (Å²) in [6, 6.07) is 5.99. The average Bonchev–Trinajstić information content (AvgIpc) is 2.29. The summed E-state index contributed by atoms with van der Waals surface area (Å²) in [6.45, 7) is 6.09. The van der Waals surface area contributed by atoms with Gasteiger partial charge in [-0.3, -0.25) is 0 Å². The minimum absolute atomic E-state index is 0.180. The molecule has 17 heavy (non-hydrogen) atoms. The molecule has 0 aliphatic carbocycles. The summed E-state index contributed by atoms with van der Waals surface area (Å²) in [5.74, 6) is 0. The zero-order valence-electron chi connectivity index (χ0n) is 11.0. The van der Waals surface area contributed by atoms with Crippen LogP contribution in [0.25, 0.3) is 0 Å². The van der Waals surface area contributed by atoms with Crippen LogP contribution >= 0.6 is 15.9 Å². The second-order valence-electron chi connectivity index (χ2n) is 5.02. The topological polar surface area (TPSA) is 29.5 Å². The third-order valence-corrected chi connectivity index (χ3v) is 3.67. The van der Waals surface area contributed by atoms with Crippen molar-refractivity contribution in [3.8, 4) is 0 Å². The van der Waals surface area contributed by atoms with Gasteiger partial charge in [-0.25, -0.2) is 0 Å². The fourth-order valence-electron chi connectivity index (χ4n) is 1.71. The van der Waals surface area contributed by atoms with Crippen molar-refractivity contribution < 1.29 is 9.84 Å². The van der Waals surface area contributed by atoms with Crippen molar-refractivity contribution in [3.05, 3.63) is 33.8 Å². The number of hydrogen-bond acceptors (Lipinski definition) is 2. The Morgan fingerprint density at radius 2 is 2.06 bits per heavy atom. The van der Waals surface area contributed by atoms with E-state index in [1.807, 2.05) is 39.0 Å². The van der Waals surface area contributed by atoms with Crippen LogP contribution in [0.15, 0.2) is 22.7 Å². The van der Waals surface area contributed by atoms with Gasteiger partial charge in [0.1, 0.15) is 0 Å². The van der Waals surface area contributed by atoms with E-state index < -0.39 is 6.10 Å². The number of aliphatic hydroxyl groups is 1. The number of hydrogen-bond donors (Lipinski definition) is 1. The SMILES string of the molecule is COC(C)(C)CCC(O)c1cc(Br)ccc1C. The minimum atomic E-state index is -0.429. The summed E-state index contributed by atoms with van der Waals surface area (Å²) in [7, 11) is 1.71. The summed E-state index contributed by atoms with van der Waals surface area (Å²) in [4.78, 5) is 0. The Kier molecular flexibility index (Phi) is 5.17. The Balaban J connectivity index is 2.70. The second-order valence-corrected chi connectivity index (χ2v) is 5.93. The first-order chi connectivity index (χ1) is 7.85. The minimum Gasteiger partial charge on any atom is -0.388 e. The van der Waals surface area contributed by atoms with Gasteiger partial charge in [-0.05, 0) is 56.9 Å². The molecule has 0 spiro atoms. The van der Waals surface area contributed by atoms with Crippen molar-refractivity contribution in [3.63, 3.8) is 0 Å². The number of rotatable bonds is 5. The highest BCUT2D eigenvalue weighted by molar-refractivity contribution is 9.10. The lowest BCUT2D eigenvalue weighted by Gasteiger charge is -2.24. The predicted molar refractivity (Wildman–Crippen MR) is 74.2 cm³/mol. The molecule has 1 atom stereocenters. The number of halogens is 1. The van der Waals surface area contributed by atoms with Crippen LogP contribution in [0.4, 0.5) is 0 Å². The molecule has 1 aromatic carbocycles. The molecule has 1 rings (SSSR count). The largest absolute Gasteiger partial charge is 0.388 e. The standard InChI is InChI=1S/C14H21BrO2/c1-10-5-6-11(15)9-12(10)13(16)7-8-14(2,3)17-4/h5-6,9,13,16H,7-8H2,1-4H3. The van der Waals surface area contributed by atoms with Gasteiger partial charge in [-0.1, -0.05) is 22.0 Å². The Bertz CT molecular complexity index is 374. The van der Waals surface area contributed by atoms with E-state index in [4.69, 9.17) is 4.74 Å². The van der Waals surface area contributed by atoms with E-state index in [9.17, 15) is 5.11 Å². The van der Waals surface area contributed by atoms with Gasteiger partial charge in [-0.15, -0.1) is 0 Å². The molecule has 0 bridgehead atoms. The molecule has 0 saturated carbocycles. The number of methoxy groups -OCH3 is 1. The molecule has 0 amide bonds. The highest BCUT2D eigenvalue weighted by atomic mass is 79.9. The van der Waals surface area contributed by atoms with Crippen LogP contribution in [-0.2, 0) is 4.74 Å². The van der Waals surface area contributed by atoms with Crippen LogP contribution in [0.5, 0.6) is 0 Å². The zero-order valence-corrected chi connectivity index (χ0v) is 12.5. The first kappa shape index (κ1) is 14.7. The maximum atomic E-state index is 10.2. The number of aliphatic hydroxyl groups excluding tert-OH is 1. The van der Waals surface area contributed by atoms with E-state index in [1.54, 1.807) is 7.11 Å². The average molecular weight is 301 g/mol. The van der Waals surface area contributed by atoms with E-state index in [2.05, 4.69) is 15.9 Å². The van der Waals surface area contributed by atoms with Crippen molar-refractivity contribution in [2.75, 3.05) is 7.11 Å². The van der Waals surface area contributed by atoms with Gasteiger partial charge in [0, 0.05) is 11.6 Å². The molecule has 0 aromatic heterocycles. The molecule has 0 heterocycles. The predicted octanol–water partition coefficient (Wildman–Crippen LogP) is 4.00. The molecule has 1 unspecified atom stereocenters. The lowest BCUT2D eigenvalue weighted by Crippen LogP contribution is -2.23. The van der Waals surface area contributed by atoms with Gasteiger partial charge in [0.2, 0.25) is 0 Å². The van der Waals surface area contributed by atoms with Gasteiger partial charge in [-0.2, -0.15) is 0 Å². The summed E-state index contributed by atoms with van der Waals surface area (Å²) < 4.78 is 6.36. The molecular formula is C14H21BrO2. The maximum Gasteiger partial charge on any atom is 0.0794 e. The lowest BCUT2D eigenvalue weighted by molar-refractivity contribution is 0.00273. The smallest absolute Gasteiger partial charge is 0.0794 e. The Morgan fingerprint density at radius 3 is 2.65 bits per heavy atom. The quantitative estimate of drug-likeness (QED) is 0.891. The fourth-order valence-corrected chi connectivity index (χ4v) is 2.09. The van der Waals surface area contributed by atoms with Crippen LogP contribution in [0.1, 0.15) is 43.9 Å². The monoisotopic (exact) mass is 300 g/mol. The summed E-state index contributed by atoms with van der Waals surface area (Å²) in [6.07, 6.45) is 1.11. The lowest BCUT2D eigenvalue weighted by atomic mass is 9.94. The van der Waals surface area contributed by atoms with Crippen LogP contribution in [0.2, 0.25) is 0 Å². The third kappa shape index (κ3) is 4.41. The molecule has 1 aromatic rings. The van der Waals surface area contributed by atoms with E-state index in [0.717, 1.165) is 22.0 Å². The normalized spacial score (nSPS) is 13.8. The zero-order chi connectivity index (χ0) is 13.1. The van der Waals surface area contributed by atoms with Gasteiger partial charge in [0.05, 0.1) is 11.7 Å². The van der Waals surface area contributed by atoms with E-state index in [-0.39, 0.29) is 5.60 Å². The fraction of sp³-hybridized carbons (Fsp3) is 0.571. The first-order valence-corrected chi connectivity index (χ1v) is 6.64. The van der Waals surface area contributed by atoms with E-state index >= 15 is 0 Å². The highest BCUT2D eigenvalue weighted by Crippen LogP contribution is 2.28. The second kappa shape index (κ2) is 5.98. The Labute approximate surface area is 112 Å². The van der Waals surface area contributed by atoms with Crippen LogP contribution < -0.4 is 0 Å². The van der Waals surface area contributed by atoms with Crippen LogP contribution in [0.3, 0.4) is 0 Å². The molecule has 1 N–H and O–H groups in total.